The molecule has 0 aliphatic rings. The predicted octanol–water partition coefficient (Wildman–Crippen LogP) is 2.53. The summed E-state index contributed by atoms with van der Waals surface area (Å²) < 4.78 is 1.85. The van der Waals surface area contributed by atoms with Crippen LogP contribution in [0.3, 0.4) is 0 Å². The molecule has 0 aliphatic heterocycles. The zero-order chi connectivity index (χ0) is 13.0. The molecule has 1 N–H and O–H groups in total. The van der Waals surface area contributed by atoms with E-state index in [1.807, 2.05) is 29.3 Å². The van der Waals surface area contributed by atoms with Crippen molar-refractivity contribution >= 4 is 11.3 Å². The maximum Gasteiger partial charge on any atom is 0.0861 e. The quantitative estimate of drug-likeness (QED) is 0.872. The van der Waals surface area contributed by atoms with E-state index in [1.54, 1.807) is 0 Å². The first-order valence-corrected chi connectivity index (χ1v) is 7.30. The van der Waals surface area contributed by atoms with E-state index in [0.29, 0.717) is 0 Å². The van der Waals surface area contributed by atoms with E-state index in [2.05, 4.69) is 40.9 Å². The minimum atomic E-state index is 0.208. The molecule has 4 nitrogen and oxygen atoms in total. The molecule has 2 aromatic rings. The summed E-state index contributed by atoms with van der Waals surface area (Å²) in [6, 6.07) is 2.42. The van der Waals surface area contributed by atoms with Crippen LogP contribution in [0.5, 0.6) is 0 Å². The van der Waals surface area contributed by atoms with Gasteiger partial charge in [-0.05, 0) is 36.4 Å². The number of aryl methyl sites for hydroxylation is 2. The standard InChI is InChI=1S/C13H20N4S/c1-4-7-14-12(11-9-15-16-17(11)3)13-10(5-2)6-8-18-13/h6,8-9,12,14H,4-5,7H2,1-3H3. The Morgan fingerprint density at radius 2 is 2.28 bits per heavy atom. The SMILES string of the molecule is CCCNC(c1sccc1CC)c1cnnn1C. The van der Waals surface area contributed by atoms with Gasteiger partial charge in [-0.3, -0.25) is 4.68 Å². The molecule has 2 rings (SSSR count). The van der Waals surface area contributed by atoms with Crippen LogP contribution in [0.4, 0.5) is 0 Å². The zero-order valence-electron chi connectivity index (χ0n) is 11.2. The van der Waals surface area contributed by atoms with Crippen molar-refractivity contribution in [2.24, 2.45) is 7.05 Å². The molecule has 0 bridgehead atoms. The maximum atomic E-state index is 4.04. The van der Waals surface area contributed by atoms with E-state index in [4.69, 9.17) is 0 Å². The highest BCUT2D eigenvalue weighted by atomic mass is 32.1. The Balaban J connectivity index is 2.34. The first-order valence-electron chi connectivity index (χ1n) is 6.42. The molecular weight excluding hydrogens is 244 g/mol. The molecule has 1 unspecified atom stereocenters. The smallest absolute Gasteiger partial charge is 0.0861 e. The fraction of sp³-hybridized carbons (Fsp3) is 0.538. The van der Waals surface area contributed by atoms with Crippen LogP contribution in [-0.2, 0) is 13.5 Å². The number of nitrogens with one attached hydrogen (secondary N) is 1. The molecule has 0 radical (unpaired) electrons. The van der Waals surface area contributed by atoms with Gasteiger partial charge < -0.3 is 5.32 Å². The molecule has 0 amide bonds. The van der Waals surface area contributed by atoms with E-state index in [0.717, 1.165) is 25.1 Å². The highest BCUT2D eigenvalue weighted by Gasteiger charge is 2.20. The van der Waals surface area contributed by atoms with Crippen molar-refractivity contribution < 1.29 is 0 Å². The fourth-order valence-electron chi connectivity index (χ4n) is 2.07. The summed E-state index contributed by atoms with van der Waals surface area (Å²) in [5, 5.41) is 13.8. The summed E-state index contributed by atoms with van der Waals surface area (Å²) in [5.74, 6) is 0. The van der Waals surface area contributed by atoms with Gasteiger partial charge in [-0.2, -0.15) is 0 Å². The zero-order valence-corrected chi connectivity index (χ0v) is 12.0. The van der Waals surface area contributed by atoms with Crippen molar-refractivity contribution in [3.8, 4) is 0 Å². The van der Waals surface area contributed by atoms with Gasteiger partial charge >= 0.3 is 0 Å². The summed E-state index contributed by atoms with van der Waals surface area (Å²) in [7, 11) is 1.95. The van der Waals surface area contributed by atoms with Crippen LogP contribution < -0.4 is 5.32 Å². The molecule has 98 valence electrons. The summed E-state index contributed by atoms with van der Waals surface area (Å²) in [5.41, 5.74) is 2.54. The lowest BCUT2D eigenvalue weighted by Gasteiger charge is -2.18. The third-order valence-corrected chi connectivity index (χ3v) is 4.09. The third-order valence-electron chi connectivity index (χ3n) is 3.07. The van der Waals surface area contributed by atoms with Crippen LogP contribution >= 0.6 is 11.3 Å². The minimum absolute atomic E-state index is 0.208. The van der Waals surface area contributed by atoms with E-state index in [1.165, 1.54) is 10.4 Å². The average molecular weight is 264 g/mol. The Bertz CT molecular complexity index is 489. The Labute approximate surface area is 112 Å². The number of hydrogen-bond acceptors (Lipinski definition) is 4. The number of aromatic nitrogens is 3. The van der Waals surface area contributed by atoms with E-state index in [9.17, 15) is 0 Å². The minimum Gasteiger partial charge on any atom is -0.304 e. The molecule has 0 saturated carbocycles. The van der Waals surface area contributed by atoms with Gasteiger partial charge in [0.25, 0.3) is 0 Å². The maximum absolute atomic E-state index is 4.04. The van der Waals surface area contributed by atoms with E-state index >= 15 is 0 Å². The van der Waals surface area contributed by atoms with E-state index < -0.39 is 0 Å². The van der Waals surface area contributed by atoms with Crippen molar-refractivity contribution in [2.75, 3.05) is 6.54 Å². The van der Waals surface area contributed by atoms with Gasteiger partial charge in [-0.1, -0.05) is 19.1 Å². The largest absolute Gasteiger partial charge is 0.304 e. The van der Waals surface area contributed by atoms with Crippen LogP contribution in [-0.4, -0.2) is 21.5 Å². The van der Waals surface area contributed by atoms with Crippen LogP contribution in [0.2, 0.25) is 0 Å². The summed E-state index contributed by atoms with van der Waals surface area (Å²) >= 11 is 1.81. The summed E-state index contributed by atoms with van der Waals surface area (Å²) in [6.45, 7) is 5.38. The lowest BCUT2D eigenvalue weighted by Crippen LogP contribution is -2.25. The van der Waals surface area contributed by atoms with Gasteiger partial charge in [-0.25, -0.2) is 0 Å². The first kappa shape index (κ1) is 13.2. The van der Waals surface area contributed by atoms with Crippen LogP contribution in [0.15, 0.2) is 17.6 Å². The molecule has 18 heavy (non-hydrogen) atoms. The molecule has 1 atom stereocenters. The van der Waals surface area contributed by atoms with Gasteiger partial charge in [0, 0.05) is 11.9 Å². The van der Waals surface area contributed by atoms with Gasteiger partial charge in [0.1, 0.15) is 0 Å². The normalized spacial score (nSPS) is 12.8. The number of hydrogen-bond donors (Lipinski definition) is 1. The molecular formula is C13H20N4S. The number of rotatable bonds is 6. The number of thiophene rings is 1. The second-order valence-corrected chi connectivity index (χ2v) is 5.28. The lowest BCUT2D eigenvalue weighted by atomic mass is 10.1. The van der Waals surface area contributed by atoms with Crippen molar-refractivity contribution in [2.45, 2.75) is 32.7 Å². The van der Waals surface area contributed by atoms with Gasteiger partial charge in [0.2, 0.25) is 0 Å². The van der Waals surface area contributed by atoms with Crippen molar-refractivity contribution in [1.29, 1.82) is 0 Å². The summed E-state index contributed by atoms with van der Waals surface area (Å²) in [4.78, 5) is 1.39. The topological polar surface area (TPSA) is 42.7 Å². The van der Waals surface area contributed by atoms with Gasteiger partial charge in [-0.15, -0.1) is 16.4 Å². The number of nitrogens with zero attached hydrogens (tertiary/aromatic N) is 3. The highest BCUT2D eigenvalue weighted by Crippen LogP contribution is 2.29. The molecule has 2 heterocycles. The third kappa shape index (κ3) is 2.62. The molecule has 2 aromatic heterocycles. The van der Waals surface area contributed by atoms with Crippen molar-refractivity contribution in [3.05, 3.63) is 33.8 Å². The monoisotopic (exact) mass is 264 g/mol. The van der Waals surface area contributed by atoms with Crippen LogP contribution in [0.25, 0.3) is 0 Å². The lowest BCUT2D eigenvalue weighted by molar-refractivity contribution is 0.554. The fourth-order valence-corrected chi connectivity index (χ4v) is 3.15. The van der Waals surface area contributed by atoms with Crippen LogP contribution in [0, 0.1) is 0 Å². The average Bonchev–Trinajstić information content (AvgIpc) is 2.99. The Kier molecular flexibility index (Phi) is 4.49. The van der Waals surface area contributed by atoms with Gasteiger partial charge in [0.15, 0.2) is 0 Å². The Hall–Kier alpha value is -1.20. The molecule has 0 saturated heterocycles. The molecule has 0 aliphatic carbocycles. The summed E-state index contributed by atoms with van der Waals surface area (Å²) in [6.07, 6.45) is 4.04. The van der Waals surface area contributed by atoms with E-state index in [-0.39, 0.29) is 6.04 Å². The first-order chi connectivity index (χ1) is 8.77. The van der Waals surface area contributed by atoms with Gasteiger partial charge in [0.05, 0.1) is 17.9 Å². The molecule has 0 fully saturated rings. The molecule has 0 spiro atoms. The van der Waals surface area contributed by atoms with Crippen LogP contribution in [0.1, 0.15) is 42.4 Å². The van der Waals surface area contributed by atoms with Crippen molar-refractivity contribution in [3.63, 3.8) is 0 Å². The Morgan fingerprint density at radius 1 is 1.44 bits per heavy atom. The second kappa shape index (κ2) is 6.11. The molecule has 5 heteroatoms. The molecule has 0 aromatic carbocycles. The van der Waals surface area contributed by atoms with Crippen molar-refractivity contribution in [1.82, 2.24) is 20.3 Å². The predicted molar refractivity (Wildman–Crippen MR) is 74.8 cm³/mol. The highest BCUT2D eigenvalue weighted by molar-refractivity contribution is 7.10. The second-order valence-electron chi connectivity index (χ2n) is 4.33. The Morgan fingerprint density at radius 3 is 2.89 bits per heavy atom.